The van der Waals surface area contributed by atoms with E-state index in [2.05, 4.69) is 0 Å². The molecule has 0 aliphatic heterocycles. The molecule has 2 aromatic carbocycles. The van der Waals surface area contributed by atoms with Crippen molar-refractivity contribution in [1.29, 1.82) is 0 Å². The smallest absolute Gasteiger partial charge is 0.271 e. The van der Waals surface area contributed by atoms with Gasteiger partial charge in [-0.25, -0.2) is 17.2 Å². The van der Waals surface area contributed by atoms with E-state index in [1.807, 2.05) is 4.72 Å². The zero-order valence-corrected chi connectivity index (χ0v) is 11.5. The third-order valence-corrected chi connectivity index (χ3v) is 4.00. The van der Waals surface area contributed by atoms with Crippen LogP contribution in [-0.4, -0.2) is 18.4 Å². The molecule has 0 radical (unpaired) electrons. The summed E-state index contributed by atoms with van der Waals surface area (Å²) in [6.45, 7) is 0. The van der Waals surface area contributed by atoms with Gasteiger partial charge in [-0.3, -0.25) is 14.8 Å². The van der Waals surface area contributed by atoms with Gasteiger partial charge in [0, 0.05) is 12.1 Å². The number of sulfonamides is 1. The molecule has 7 nitrogen and oxygen atoms in total. The first-order valence-electron chi connectivity index (χ1n) is 5.66. The van der Waals surface area contributed by atoms with Crippen LogP contribution in [0.15, 0.2) is 41.3 Å². The Balaban J connectivity index is 2.42. The lowest BCUT2D eigenvalue weighted by atomic mass is 10.2. The highest BCUT2D eigenvalue weighted by atomic mass is 32.2. The van der Waals surface area contributed by atoms with E-state index in [-0.39, 0.29) is 0 Å². The Morgan fingerprint density at radius 1 is 1.09 bits per heavy atom. The van der Waals surface area contributed by atoms with Gasteiger partial charge in [0.05, 0.1) is 15.5 Å². The van der Waals surface area contributed by atoms with Gasteiger partial charge in [0.2, 0.25) is 0 Å². The van der Waals surface area contributed by atoms with Gasteiger partial charge in [0.25, 0.3) is 15.7 Å². The Morgan fingerprint density at radius 2 is 1.77 bits per heavy atom. The third kappa shape index (κ3) is 3.11. The van der Waals surface area contributed by atoms with E-state index in [9.17, 15) is 32.4 Å². The average molecular weight is 330 g/mol. The summed E-state index contributed by atoms with van der Waals surface area (Å²) < 4.78 is 51.8. The maximum Gasteiger partial charge on any atom is 0.271 e. The highest BCUT2D eigenvalue weighted by Gasteiger charge is 2.20. The summed E-state index contributed by atoms with van der Waals surface area (Å²) in [6, 6.07) is 4.59. The van der Waals surface area contributed by atoms with Crippen molar-refractivity contribution < 1.29 is 27.2 Å². The predicted octanol–water partition coefficient (Wildman–Crippen LogP) is 2.38. The fourth-order valence-corrected chi connectivity index (χ4v) is 2.64. The van der Waals surface area contributed by atoms with Crippen molar-refractivity contribution in [2.75, 3.05) is 4.72 Å². The second-order valence-electron chi connectivity index (χ2n) is 4.14. The van der Waals surface area contributed by atoms with Crippen molar-refractivity contribution in [1.82, 2.24) is 0 Å². The second kappa shape index (κ2) is 5.56. The highest BCUT2D eigenvalue weighted by molar-refractivity contribution is 7.92. The normalized spacial score (nSPS) is 11.2. The van der Waals surface area contributed by atoms with E-state index in [1.165, 1.54) is 0 Å². The van der Waals surface area contributed by atoms with Crippen LogP contribution in [-0.2, 0) is 10.0 Å². The monoisotopic (exact) mass is 330 g/mol. The van der Waals surface area contributed by atoms with Gasteiger partial charge in [-0.15, -0.1) is 0 Å². The van der Waals surface area contributed by atoms with Crippen LogP contribution in [0.2, 0.25) is 0 Å². The first-order valence-corrected chi connectivity index (χ1v) is 7.14. The molecule has 0 aliphatic rings. The molecule has 0 fully saturated rings. The van der Waals surface area contributed by atoms with E-state index in [0.29, 0.717) is 12.1 Å². The van der Waals surface area contributed by atoms with Crippen molar-refractivity contribution in [2.45, 2.75) is 4.90 Å². The molecule has 0 amide bonds. The maximum atomic E-state index is 13.1. The quantitative estimate of drug-likeness (QED) is 0.508. The van der Waals surface area contributed by atoms with Crippen molar-refractivity contribution in [3.63, 3.8) is 0 Å². The molecular weight excluding hydrogens is 322 g/mol. The van der Waals surface area contributed by atoms with Crippen LogP contribution < -0.4 is 4.72 Å². The van der Waals surface area contributed by atoms with Gasteiger partial charge in [-0.1, -0.05) is 0 Å². The van der Waals surface area contributed by atoms with Crippen molar-refractivity contribution >= 4 is 21.4 Å². The molecule has 0 bridgehead atoms. The Labute approximate surface area is 123 Å². The van der Waals surface area contributed by atoms with Crippen LogP contribution >= 0.6 is 0 Å². The summed E-state index contributed by atoms with van der Waals surface area (Å²) in [5.74, 6) is -3.15. The molecule has 116 valence electrons. The molecule has 2 rings (SSSR count). The lowest BCUT2D eigenvalue weighted by Crippen LogP contribution is -2.13. The van der Waals surface area contributed by atoms with Crippen LogP contribution in [0.25, 0.3) is 0 Å². The minimum Gasteiger partial charge on any atom is -0.506 e. The third-order valence-electron chi connectivity index (χ3n) is 2.64. The standard InChI is InChI=1S/C12H8F2N2O5S/c13-9-3-2-8(6-10(9)14)22(20,21)15-11-5-7(16(18)19)1-4-12(11)17/h1-6,15,17H. The van der Waals surface area contributed by atoms with Crippen molar-refractivity contribution in [3.8, 4) is 5.75 Å². The number of benzene rings is 2. The number of nitrogens with one attached hydrogen (secondary N) is 1. The summed E-state index contributed by atoms with van der Waals surface area (Å²) in [5, 5.41) is 20.2. The fraction of sp³-hybridized carbons (Fsp3) is 0. The number of hydrogen-bond donors (Lipinski definition) is 2. The Kier molecular flexibility index (Phi) is 3.95. The van der Waals surface area contributed by atoms with Crippen LogP contribution in [0.5, 0.6) is 5.75 Å². The minimum absolute atomic E-state index is 0.450. The second-order valence-corrected chi connectivity index (χ2v) is 5.82. The average Bonchev–Trinajstić information content (AvgIpc) is 2.43. The molecule has 22 heavy (non-hydrogen) atoms. The van der Waals surface area contributed by atoms with Gasteiger partial charge in [0.1, 0.15) is 5.75 Å². The first-order chi connectivity index (χ1) is 10.2. The predicted molar refractivity (Wildman–Crippen MR) is 71.9 cm³/mol. The summed E-state index contributed by atoms with van der Waals surface area (Å²) in [5.41, 5.74) is -0.917. The lowest BCUT2D eigenvalue weighted by Gasteiger charge is -2.09. The Hall–Kier alpha value is -2.75. The largest absolute Gasteiger partial charge is 0.506 e. The highest BCUT2D eigenvalue weighted by Crippen LogP contribution is 2.30. The number of nitro benzene ring substituents is 1. The summed E-state index contributed by atoms with van der Waals surface area (Å²) in [6.07, 6.45) is 0. The molecule has 10 heteroatoms. The minimum atomic E-state index is -4.36. The topological polar surface area (TPSA) is 110 Å². The SMILES string of the molecule is O=[N+]([O-])c1ccc(O)c(NS(=O)(=O)c2ccc(F)c(F)c2)c1. The van der Waals surface area contributed by atoms with Crippen LogP contribution in [0.3, 0.4) is 0 Å². The molecule has 2 N–H and O–H groups in total. The molecule has 0 saturated heterocycles. The maximum absolute atomic E-state index is 13.1. The number of nitrogens with zero attached hydrogens (tertiary/aromatic N) is 1. The van der Waals surface area contributed by atoms with E-state index in [0.717, 1.165) is 24.3 Å². The summed E-state index contributed by atoms with van der Waals surface area (Å²) in [4.78, 5) is 9.25. The molecule has 0 saturated carbocycles. The van der Waals surface area contributed by atoms with E-state index >= 15 is 0 Å². The van der Waals surface area contributed by atoms with Crippen molar-refractivity contribution in [2.24, 2.45) is 0 Å². The fourth-order valence-electron chi connectivity index (χ4n) is 1.57. The molecule has 0 unspecified atom stereocenters. The van der Waals surface area contributed by atoms with Gasteiger partial charge in [-0.2, -0.15) is 0 Å². The van der Waals surface area contributed by atoms with Gasteiger partial charge >= 0.3 is 0 Å². The molecule has 0 aromatic heterocycles. The molecule has 0 atom stereocenters. The Bertz CT molecular complexity index is 855. The van der Waals surface area contributed by atoms with Gasteiger partial charge in [-0.05, 0) is 24.3 Å². The number of rotatable bonds is 4. The molecule has 0 heterocycles. The van der Waals surface area contributed by atoms with Crippen LogP contribution in [0.4, 0.5) is 20.2 Å². The van der Waals surface area contributed by atoms with Crippen LogP contribution in [0, 0.1) is 21.7 Å². The van der Waals surface area contributed by atoms with E-state index in [1.54, 1.807) is 0 Å². The van der Waals surface area contributed by atoms with Gasteiger partial charge < -0.3 is 5.11 Å². The molecule has 0 spiro atoms. The molecule has 0 aliphatic carbocycles. The number of anilines is 1. The molecular formula is C12H8F2N2O5S. The zero-order valence-electron chi connectivity index (χ0n) is 10.7. The number of phenolic OH excluding ortho intramolecular Hbond substituents is 1. The first kappa shape index (κ1) is 15.6. The number of hydrogen-bond acceptors (Lipinski definition) is 5. The number of phenols is 1. The number of halogens is 2. The summed E-state index contributed by atoms with van der Waals surface area (Å²) >= 11 is 0. The van der Waals surface area contributed by atoms with E-state index < -0.39 is 48.6 Å². The zero-order chi connectivity index (χ0) is 16.5. The Morgan fingerprint density at radius 3 is 2.36 bits per heavy atom. The number of aromatic hydroxyl groups is 1. The van der Waals surface area contributed by atoms with E-state index in [4.69, 9.17) is 0 Å². The van der Waals surface area contributed by atoms with Crippen LogP contribution in [0.1, 0.15) is 0 Å². The molecule has 2 aromatic rings. The summed E-state index contributed by atoms with van der Waals surface area (Å²) in [7, 11) is -4.36. The number of nitro groups is 1. The van der Waals surface area contributed by atoms with Crippen molar-refractivity contribution in [3.05, 3.63) is 58.1 Å². The number of non-ortho nitro benzene ring substituents is 1. The lowest BCUT2D eigenvalue weighted by molar-refractivity contribution is -0.384. The van der Waals surface area contributed by atoms with Gasteiger partial charge in [0.15, 0.2) is 11.6 Å².